The van der Waals surface area contributed by atoms with Gasteiger partial charge < -0.3 is 9.84 Å². The summed E-state index contributed by atoms with van der Waals surface area (Å²) < 4.78 is 4.97. The number of ether oxygens (including phenoxy) is 1. The van der Waals surface area contributed by atoms with Crippen molar-refractivity contribution in [2.45, 2.75) is 39.5 Å². The van der Waals surface area contributed by atoms with Gasteiger partial charge in [0.2, 0.25) is 0 Å². The lowest BCUT2D eigenvalue weighted by atomic mass is 9.78. The second-order valence-electron chi connectivity index (χ2n) is 4.68. The summed E-state index contributed by atoms with van der Waals surface area (Å²) in [4.78, 5) is 27.9. The number of nitrogens with zero attached hydrogens (tertiary/aromatic N) is 1. The minimum atomic E-state index is -1.47. The third-order valence-electron chi connectivity index (χ3n) is 3.29. The standard InChI is InChI=1S/C15H21NO4/c1-3-9-15(13(17)18,14(19)20-4-2)10-8-12-7-5-6-11-16-12/h5-7,11H,3-4,8-10H2,1-2H3,(H,17,18). The summed E-state index contributed by atoms with van der Waals surface area (Å²) in [5.74, 6) is -1.76. The second kappa shape index (κ2) is 7.62. The highest BCUT2D eigenvalue weighted by molar-refractivity contribution is 5.99. The molecule has 1 aromatic rings. The fourth-order valence-electron chi connectivity index (χ4n) is 2.21. The predicted octanol–water partition coefficient (Wildman–Crippen LogP) is 2.45. The first-order valence-corrected chi connectivity index (χ1v) is 6.87. The van der Waals surface area contributed by atoms with Crippen LogP contribution in [-0.2, 0) is 20.7 Å². The average molecular weight is 279 g/mol. The highest BCUT2D eigenvalue weighted by Gasteiger charge is 2.46. The van der Waals surface area contributed by atoms with E-state index in [9.17, 15) is 14.7 Å². The summed E-state index contributed by atoms with van der Waals surface area (Å²) in [7, 11) is 0. The van der Waals surface area contributed by atoms with Gasteiger partial charge in [-0.05, 0) is 38.3 Å². The molecular formula is C15H21NO4. The maximum absolute atomic E-state index is 12.1. The van der Waals surface area contributed by atoms with E-state index in [-0.39, 0.29) is 19.4 Å². The zero-order chi connectivity index (χ0) is 15.0. The van der Waals surface area contributed by atoms with Gasteiger partial charge in [-0.15, -0.1) is 0 Å². The van der Waals surface area contributed by atoms with Crippen LogP contribution in [0.3, 0.4) is 0 Å². The van der Waals surface area contributed by atoms with Crippen LogP contribution >= 0.6 is 0 Å². The molecule has 1 N–H and O–H groups in total. The van der Waals surface area contributed by atoms with E-state index in [0.29, 0.717) is 12.8 Å². The maximum atomic E-state index is 12.1. The molecule has 1 heterocycles. The van der Waals surface area contributed by atoms with E-state index >= 15 is 0 Å². The Bertz CT molecular complexity index is 446. The van der Waals surface area contributed by atoms with Crippen LogP contribution < -0.4 is 0 Å². The number of hydrogen-bond donors (Lipinski definition) is 1. The first-order chi connectivity index (χ1) is 9.56. The molecule has 1 aromatic heterocycles. The summed E-state index contributed by atoms with van der Waals surface area (Å²) in [5.41, 5.74) is -0.694. The molecule has 1 rings (SSSR count). The van der Waals surface area contributed by atoms with Gasteiger partial charge in [0.1, 0.15) is 0 Å². The normalized spacial score (nSPS) is 13.5. The molecule has 0 aliphatic carbocycles. The molecule has 0 saturated carbocycles. The molecule has 0 aromatic carbocycles. The minimum absolute atomic E-state index is 0.182. The number of aliphatic carboxylic acids is 1. The van der Waals surface area contributed by atoms with Crippen LogP contribution in [0.4, 0.5) is 0 Å². The number of hydrogen-bond acceptors (Lipinski definition) is 4. The Balaban J connectivity index is 2.91. The topological polar surface area (TPSA) is 76.5 Å². The monoisotopic (exact) mass is 279 g/mol. The van der Waals surface area contributed by atoms with Crippen LogP contribution in [0.25, 0.3) is 0 Å². The molecule has 20 heavy (non-hydrogen) atoms. The predicted molar refractivity (Wildman–Crippen MR) is 74.2 cm³/mol. The van der Waals surface area contributed by atoms with Gasteiger partial charge in [0, 0.05) is 11.9 Å². The third-order valence-corrected chi connectivity index (χ3v) is 3.29. The summed E-state index contributed by atoms with van der Waals surface area (Å²) in [5, 5.41) is 9.51. The van der Waals surface area contributed by atoms with Gasteiger partial charge in [-0.1, -0.05) is 19.4 Å². The maximum Gasteiger partial charge on any atom is 0.323 e. The number of carboxylic acid groups (broad SMARTS) is 1. The summed E-state index contributed by atoms with van der Waals surface area (Å²) >= 11 is 0. The number of esters is 1. The Morgan fingerprint density at radius 2 is 2.05 bits per heavy atom. The van der Waals surface area contributed by atoms with Crippen molar-refractivity contribution in [2.24, 2.45) is 5.41 Å². The lowest BCUT2D eigenvalue weighted by Gasteiger charge is -2.26. The van der Waals surface area contributed by atoms with Crippen molar-refractivity contribution in [1.82, 2.24) is 4.98 Å². The molecule has 0 radical (unpaired) electrons. The zero-order valence-corrected chi connectivity index (χ0v) is 12.0. The van der Waals surface area contributed by atoms with E-state index in [0.717, 1.165) is 5.69 Å². The van der Waals surface area contributed by atoms with Gasteiger partial charge in [0.15, 0.2) is 5.41 Å². The molecule has 1 atom stereocenters. The van der Waals surface area contributed by atoms with Crippen LogP contribution in [0, 0.1) is 5.41 Å². The number of pyridine rings is 1. The molecule has 0 aliphatic rings. The second-order valence-corrected chi connectivity index (χ2v) is 4.68. The molecule has 110 valence electrons. The number of aromatic nitrogens is 1. The third kappa shape index (κ3) is 3.79. The van der Waals surface area contributed by atoms with Gasteiger partial charge >= 0.3 is 11.9 Å². The lowest BCUT2D eigenvalue weighted by molar-refractivity contribution is -0.169. The summed E-state index contributed by atoms with van der Waals surface area (Å²) in [6.45, 7) is 3.72. The van der Waals surface area contributed by atoms with Crippen molar-refractivity contribution < 1.29 is 19.4 Å². The SMILES string of the molecule is CCCC(CCc1ccccn1)(C(=O)O)C(=O)OCC. The van der Waals surface area contributed by atoms with E-state index in [2.05, 4.69) is 4.98 Å². The van der Waals surface area contributed by atoms with Crippen LogP contribution in [0.15, 0.2) is 24.4 Å². The summed E-state index contributed by atoms with van der Waals surface area (Å²) in [6, 6.07) is 5.46. The van der Waals surface area contributed by atoms with E-state index in [1.165, 1.54) is 0 Å². The largest absolute Gasteiger partial charge is 0.480 e. The molecule has 0 spiro atoms. The highest BCUT2D eigenvalue weighted by Crippen LogP contribution is 2.32. The molecule has 0 aliphatic heterocycles. The molecule has 1 unspecified atom stereocenters. The van der Waals surface area contributed by atoms with Gasteiger partial charge in [-0.2, -0.15) is 0 Å². The number of carbonyl (C=O) groups excluding carboxylic acids is 1. The van der Waals surface area contributed by atoms with Crippen LogP contribution in [0.1, 0.15) is 38.8 Å². The quantitative estimate of drug-likeness (QED) is 0.584. The average Bonchev–Trinajstić information content (AvgIpc) is 2.44. The first-order valence-electron chi connectivity index (χ1n) is 6.87. The van der Waals surface area contributed by atoms with Crippen LogP contribution in [0.5, 0.6) is 0 Å². The minimum Gasteiger partial charge on any atom is -0.480 e. The number of aryl methyl sites for hydroxylation is 1. The van der Waals surface area contributed by atoms with Crippen molar-refractivity contribution in [3.8, 4) is 0 Å². The van der Waals surface area contributed by atoms with Gasteiger partial charge in [-0.25, -0.2) is 0 Å². The molecular weight excluding hydrogens is 258 g/mol. The number of carbonyl (C=O) groups is 2. The first kappa shape index (κ1) is 16.1. The Labute approximate surface area is 119 Å². The molecule has 0 saturated heterocycles. The Kier molecular flexibility index (Phi) is 6.15. The Hall–Kier alpha value is -1.91. The molecule has 0 fully saturated rings. The lowest BCUT2D eigenvalue weighted by Crippen LogP contribution is -2.41. The van der Waals surface area contributed by atoms with Crippen molar-refractivity contribution >= 4 is 11.9 Å². The van der Waals surface area contributed by atoms with Crippen molar-refractivity contribution in [1.29, 1.82) is 0 Å². The fraction of sp³-hybridized carbons (Fsp3) is 0.533. The summed E-state index contributed by atoms with van der Waals surface area (Å²) in [6.07, 6.45) is 3.17. The zero-order valence-electron chi connectivity index (χ0n) is 12.0. The highest BCUT2D eigenvalue weighted by atomic mass is 16.5. The number of carboxylic acids is 1. The Morgan fingerprint density at radius 3 is 2.55 bits per heavy atom. The fourth-order valence-corrected chi connectivity index (χ4v) is 2.21. The molecule has 5 nitrogen and oxygen atoms in total. The van der Waals surface area contributed by atoms with Gasteiger partial charge in [0.05, 0.1) is 6.61 Å². The van der Waals surface area contributed by atoms with E-state index in [4.69, 9.17) is 4.74 Å². The van der Waals surface area contributed by atoms with E-state index in [1.54, 1.807) is 19.2 Å². The molecule has 0 amide bonds. The van der Waals surface area contributed by atoms with Crippen LogP contribution in [0.2, 0.25) is 0 Å². The van der Waals surface area contributed by atoms with Crippen molar-refractivity contribution in [2.75, 3.05) is 6.61 Å². The van der Waals surface area contributed by atoms with Crippen molar-refractivity contribution in [3.63, 3.8) is 0 Å². The smallest absolute Gasteiger partial charge is 0.323 e. The number of rotatable bonds is 8. The molecule has 0 bridgehead atoms. The Morgan fingerprint density at radius 1 is 1.30 bits per heavy atom. The van der Waals surface area contributed by atoms with Gasteiger partial charge in [-0.3, -0.25) is 14.6 Å². The van der Waals surface area contributed by atoms with Gasteiger partial charge in [0.25, 0.3) is 0 Å². The van der Waals surface area contributed by atoms with Crippen molar-refractivity contribution in [3.05, 3.63) is 30.1 Å². The molecule has 5 heteroatoms. The van der Waals surface area contributed by atoms with E-state index < -0.39 is 17.4 Å². The van der Waals surface area contributed by atoms with E-state index in [1.807, 2.05) is 19.1 Å². The van der Waals surface area contributed by atoms with Crippen LogP contribution in [-0.4, -0.2) is 28.6 Å².